The first kappa shape index (κ1) is 19.0. The quantitative estimate of drug-likeness (QED) is 0.786. The standard InChI is InChI=1S/C21H26N2O4/c1-5-16-19(14(4)24)13(3)22-20(16)21(25)23-12(2)15-7-8-17-18(11-15)27-10-6-9-26-17/h7-8,11-12,22H,5-6,9-10H2,1-4H3,(H,23,25)/t12-/m1/s1. The fourth-order valence-electron chi connectivity index (χ4n) is 3.50. The third kappa shape index (κ3) is 3.84. The predicted octanol–water partition coefficient (Wildman–Crippen LogP) is 3.74. The maximum absolute atomic E-state index is 12.8. The smallest absolute Gasteiger partial charge is 0.268 e. The van der Waals surface area contributed by atoms with Crippen molar-refractivity contribution >= 4 is 11.7 Å². The highest BCUT2D eigenvalue weighted by Crippen LogP contribution is 2.32. The van der Waals surface area contributed by atoms with E-state index in [9.17, 15) is 9.59 Å². The number of aromatic amines is 1. The Morgan fingerprint density at radius 1 is 1.22 bits per heavy atom. The largest absolute Gasteiger partial charge is 0.490 e. The molecule has 2 heterocycles. The molecule has 1 aliphatic rings. The number of aromatic nitrogens is 1. The molecule has 0 unspecified atom stereocenters. The summed E-state index contributed by atoms with van der Waals surface area (Å²) in [5.74, 6) is 1.18. The van der Waals surface area contributed by atoms with Crippen LogP contribution in [0.3, 0.4) is 0 Å². The zero-order valence-corrected chi connectivity index (χ0v) is 16.3. The van der Waals surface area contributed by atoms with E-state index in [0.717, 1.165) is 29.0 Å². The average Bonchev–Trinajstić information content (AvgIpc) is 2.82. The van der Waals surface area contributed by atoms with E-state index in [1.54, 1.807) is 0 Å². The summed E-state index contributed by atoms with van der Waals surface area (Å²) in [5, 5.41) is 3.01. The van der Waals surface area contributed by atoms with Crippen LogP contribution in [0.4, 0.5) is 0 Å². The Bertz CT molecular complexity index is 869. The Balaban J connectivity index is 1.81. The lowest BCUT2D eigenvalue weighted by atomic mass is 10.0. The van der Waals surface area contributed by atoms with Gasteiger partial charge in [0, 0.05) is 17.7 Å². The van der Waals surface area contributed by atoms with Crippen molar-refractivity contribution in [2.45, 2.75) is 46.6 Å². The molecular formula is C21H26N2O4. The average molecular weight is 370 g/mol. The second kappa shape index (κ2) is 7.86. The van der Waals surface area contributed by atoms with Crippen molar-refractivity contribution in [2.75, 3.05) is 13.2 Å². The minimum atomic E-state index is -0.220. The van der Waals surface area contributed by atoms with Gasteiger partial charge in [0.1, 0.15) is 5.69 Å². The molecule has 1 aliphatic heterocycles. The van der Waals surface area contributed by atoms with Gasteiger partial charge in [0.05, 0.1) is 19.3 Å². The van der Waals surface area contributed by atoms with E-state index in [4.69, 9.17) is 9.47 Å². The number of Topliss-reactive ketones (excluding diaryl/α,β-unsaturated/α-hetero) is 1. The molecule has 144 valence electrons. The number of benzene rings is 1. The SMILES string of the molecule is CCc1c(C(=O)N[C@H](C)c2ccc3c(c2)OCCCO3)[nH]c(C)c1C(C)=O. The van der Waals surface area contributed by atoms with Gasteiger partial charge in [-0.2, -0.15) is 0 Å². The number of carbonyl (C=O) groups is 2. The summed E-state index contributed by atoms with van der Waals surface area (Å²) in [6.45, 7) is 8.47. The van der Waals surface area contributed by atoms with Crippen LogP contribution in [0.5, 0.6) is 11.5 Å². The first-order chi connectivity index (χ1) is 12.9. The number of hydrogen-bond acceptors (Lipinski definition) is 4. The second-order valence-corrected chi connectivity index (χ2v) is 6.84. The van der Waals surface area contributed by atoms with Gasteiger partial charge in [-0.05, 0) is 50.5 Å². The highest BCUT2D eigenvalue weighted by molar-refractivity contribution is 6.02. The number of fused-ring (bicyclic) bond motifs is 1. The molecule has 27 heavy (non-hydrogen) atoms. The van der Waals surface area contributed by atoms with Gasteiger partial charge in [0.15, 0.2) is 17.3 Å². The topological polar surface area (TPSA) is 80.4 Å². The number of rotatable bonds is 5. The molecule has 1 aromatic carbocycles. The Kier molecular flexibility index (Phi) is 5.54. The number of amides is 1. The molecule has 0 saturated carbocycles. The first-order valence-corrected chi connectivity index (χ1v) is 9.35. The number of nitrogens with one attached hydrogen (secondary N) is 2. The van der Waals surface area contributed by atoms with Crippen LogP contribution in [-0.4, -0.2) is 29.9 Å². The van der Waals surface area contributed by atoms with E-state index >= 15 is 0 Å². The molecule has 1 amide bonds. The van der Waals surface area contributed by atoms with Gasteiger partial charge in [-0.1, -0.05) is 13.0 Å². The zero-order valence-electron chi connectivity index (χ0n) is 16.3. The Labute approximate surface area is 159 Å². The van der Waals surface area contributed by atoms with E-state index in [2.05, 4.69) is 10.3 Å². The summed E-state index contributed by atoms with van der Waals surface area (Å²) in [7, 11) is 0. The predicted molar refractivity (Wildman–Crippen MR) is 103 cm³/mol. The normalized spacial score (nSPS) is 14.4. The van der Waals surface area contributed by atoms with Crippen LogP contribution in [0.2, 0.25) is 0 Å². The summed E-state index contributed by atoms with van der Waals surface area (Å²) in [4.78, 5) is 27.8. The summed E-state index contributed by atoms with van der Waals surface area (Å²) >= 11 is 0. The van der Waals surface area contributed by atoms with Crippen molar-refractivity contribution < 1.29 is 19.1 Å². The maximum atomic E-state index is 12.8. The van der Waals surface area contributed by atoms with Crippen LogP contribution in [0.1, 0.15) is 70.9 Å². The molecule has 6 heteroatoms. The van der Waals surface area contributed by atoms with Crippen molar-refractivity contribution in [3.8, 4) is 11.5 Å². The van der Waals surface area contributed by atoms with Crippen molar-refractivity contribution in [1.82, 2.24) is 10.3 Å². The van der Waals surface area contributed by atoms with E-state index in [1.165, 1.54) is 6.92 Å². The van der Waals surface area contributed by atoms with Crippen LogP contribution in [0.25, 0.3) is 0 Å². The van der Waals surface area contributed by atoms with Gasteiger partial charge in [0.2, 0.25) is 0 Å². The van der Waals surface area contributed by atoms with Crippen LogP contribution >= 0.6 is 0 Å². The molecule has 6 nitrogen and oxygen atoms in total. The molecule has 0 aliphatic carbocycles. The van der Waals surface area contributed by atoms with Gasteiger partial charge in [0.25, 0.3) is 5.91 Å². The van der Waals surface area contributed by atoms with Crippen LogP contribution in [0, 0.1) is 6.92 Å². The Hall–Kier alpha value is -2.76. The number of hydrogen-bond donors (Lipinski definition) is 2. The lowest BCUT2D eigenvalue weighted by Gasteiger charge is -2.16. The number of aryl methyl sites for hydroxylation is 1. The summed E-state index contributed by atoms with van der Waals surface area (Å²) < 4.78 is 11.4. The molecule has 0 spiro atoms. The Morgan fingerprint density at radius 2 is 1.93 bits per heavy atom. The summed E-state index contributed by atoms with van der Waals surface area (Å²) in [5.41, 5.74) is 3.50. The maximum Gasteiger partial charge on any atom is 0.268 e. The van der Waals surface area contributed by atoms with Crippen molar-refractivity contribution in [1.29, 1.82) is 0 Å². The minimum absolute atomic E-state index is 0.0319. The van der Waals surface area contributed by atoms with Crippen molar-refractivity contribution in [3.63, 3.8) is 0 Å². The van der Waals surface area contributed by atoms with Gasteiger partial charge < -0.3 is 19.8 Å². The highest BCUT2D eigenvalue weighted by atomic mass is 16.5. The third-order valence-electron chi connectivity index (χ3n) is 4.84. The monoisotopic (exact) mass is 370 g/mol. The lowest BCUT2D eigenvalue weighted by Crippen LogP contribution is -2.28. The number of H-pyrrole nitrogens is 1. The molecule has 0 fully saturated rings. The number of ether oxygens (including phenoxy) is 2. The second-order valence-electron chi connectivity index (χ2n) is 6.84. The molecule has 0 radical (unpaired) electrons. The fourth-order valence-corrected chi connectivity index (χ4v) is 3.50. The highest BCUT2D eigenvalue weighted by Gasteiger charge is 2.23. The third-order valence-corrected chi connectivity index (χ3v) is 4.84. The minimum Gasteiger partial charge on any atom is -0.490 e. The molecule has 1 atom stereocenters. The van der Waals surface area contributed by atoms with Crippen molar-refractivity contribution in [2.24, 2.45) is 0 Å². The van der Waals surface area contributed by atoms with Crippen LogP contribution in [-0.2, 0) is 6.42 Å². The van der Waals surface area contributed by atoms with Crippen LogP contribution in [0.15, 0.2) is 18.2 Å². The van der Waals surface area contributed by atoms with E-state index in [0.29, 0.717) is 36.6 Å². The molecule has 1 aromatic heterocycles. The van der Waals surface area contributed by atoms with Gasteiger partial charge in [-0.25, -0.2) is 0 Å². The van der Waals surface area contributed by atoms with Crippen molar-refractivity contribution in [3.05, 3.63) is 46.3 Å². The molecule has 3 rings (SSSR count). The first-order valence-electron chi connectivity index (χ1n) is 9.35. The van der Waals surface area contributed by atoms with Gasteiger partial charge >= 0.3 is 0 Å². The molecule has 0 bridgehead atoms. The van der Waals surface area contributed by atoms with E-state index in [1.807, 2.05) is 39.0 Å². The van der Waals surface area contributed by atoms with Gasteiger partial charge in [-0.15, -0.1) is 0 Å². The number of ketones is 1. The zero-order chi connectivity index (χ0) is 19.6. The molecule has 2 N–H and O–H groups in total. The van der Waals surface area contributed by atoms with E-state index < -0.39 is 0 Å². The Morgan fingerprint density at radius 3 is 2.59 bits per heavy atom. The van der Waals surface area contributed by atoms with E-state index in [-0.39, 0.29) is 17.7 Å². The summed E-state index contributed by atoms with van der Waals surface area (Å²) in [6, 6.07) is 5.50. The van der Waals surface area contributed by atoms with Crippen LogP contribution < -0.4 is 14.8 Å². The fraction of sp³-hybridized carbons (Fsp3) is 0.429. The molecule has 0 saturated heterocycles. The summed E-state index contributed by atoms with van der Waals surface area (Å²) in [6.07, 6.45) is 1.46. The lowest BCUT2D eigenvalue weighted by molar-refractivity contribution is 0.0934. The number of carbonyl (C=O) groups excluding carboxylic acids is 2. The molecular weight excluding hydrogens is 344 g/mol. The van der Waals surface area contributed by atoms with Gasteiger partial charge in [-0.3, -0.25) is 9.59 Å². The molecule has 2 aromatic rings.